The number of anilines is 1. The number of hydrogen-bond donors (Lipinski definition) is 2. The van der Waals surface area contributed by atoms with E-state index in [1.165, 1.54) is 0 Å². The summed E-state index contributed by atoms with van der Waals surface area (Å²) in [5.41, 5.74) is 2.28. The minimum atomic E-state index is 0.214. The topological polar surface area (TPSA) is 35.5 Å². The Morgan fingerprint density at radius 1 is 1.53 bits per heavy atom. The Kier molecular flexibility index (Phi) is 4.26. The van der Waals surface area contributed by atoms with Crippen LogP contribution < -0.4 is 10.2 Å². The van der Waals surface area contributed by atoms with E-state index in [-0.39, 0.29) is 12.6 Å². The highest BCUT2D eigenvalue weighted by atomic mass is 35.5. The number of rotatable bonds is 4. The third-order valence-corrected chi connectivity index (χ3v) is 3.70. The lowest BCUT2D eigenvalue weighted by atomic mass is 10.1. The van der Waals surface area contributed by atoms with E-state index in [4.69, 9.17) is 11.6 Å². The first-order valence-corrected chi connectivity index (χ1v) is 6.45. The van der Waals surface area contributed by atoms with E-state index in [1.807, 2.05) is 19.2 Å². The first kappa shape index (κ1) is 12.7. The van der Waals surface area contributed by atoms with Gasteiger partial charge in [0.05, 0.1) is 12.6 Å². The molecule has 1 aromatic carbocycles. The number of nitrogens with zero attached hydrogens (tertiary/aromatic N) is 1. The molecule has 0 aromatic heterocycles. The van der Waals surface area contributed by atoms with Crippen LogP contribution in [0.15, 0.2) is 18.2 Å². The van der Waals surface area contributed by atoms with Crippen molar-refractivity contribution in [2.24, 2.45) is 0 Å². The monoisotopic (exact) mass is 254 g/mol. The molecule has 1 heterocycles. The molecule has 0 amide bonds. The van der Waals surface area contributed by atoms with Gasteiger partial charge in [-0.3, -0.25) is 0 Å². The molecule has 4 heteroatoms. The standard InChI is InChI=1S/C13H19ClN2O/c1-15-8-11-12(14)5-2-6-13(11)16-7-3-4-10(16)9-17/h2,5-6,10,15,17H,3-4,7-9H2,1H3. The van der Waals surface area contributed by atoms with Crippen LogP contribution in [0.5, 0.6) is 0 Å². The Bertz CT molecular complexity index is 384. The second-order valence-corrected chi connectivity index (χ2v) is 4.85. The number of nitrogens with one attached hydrogen (secondary N) is 1. The van der Waals surface area contributed by atoms with Crippen molar-refractivity contribution in [2.75, 3.05) is 25.1 Å². The molecular weight excluding hydrogens is 236 g/mol. The van der Waals surface area contributed by atoms with Crippen molar-refractivity contribution < 1.29 is 5.11 Å². The maximum atomic E-state index is 9.40. The molecule has 1 aliphatic heterocycles. The zero-order valence-electron chi connectivity index (χ0n) is 10.1. The molecule has 3 nitrogen and oxygen atoms in total. The summed E-state index contributed by atoms with van der Waals surface area (Å²) < 4.78 is 0. The van der Waals surface area contributed by atoms with Crippen LogP contribution in [0.2, 0.25) is 5.02 Å². The molecule has 0 radical (unpaired) electrons. The SMILES string of the molecule is CNCc1c(Cl)cccc1N1CCCC1CO. The van der Waals surface area contributed by atoms with Gasteiger partial charge in [-0.15, -0.1) is 0 Å². The van der Waals surface area contributed by atoms with Crippen LogP contribution in [0.3, 0.4) is 0 Å². The molecule has 1 saturated heterocycles. The fraction of sp³-hybridized carbons (Fsp3) is 0.538. The van der Waals surface area contributed by atoms with E-state index in [1.54, 1.807) is 0 Å². The van der Waals surface area contributed by atoms with Crippen molar-refractivity contribution in [3.05, 3.63) is 28.8 Å². The number of benzene rings is 1. The van der Waals surface area contributed by atoms with Crippen LogP contribution in [-0.4, -0.2) is 31.3 Å². The fourth-order valence-corrected chi connectivity index (χ4v) is 2.75. The van der Waals surface area contributed by atoms with Gasteiger partial charge in [-0.1, -0.05) is 17.7 Å². The van der Waals surface area contributed by atoms with Crippen LogP contribution in [0, 0.1) is 0 Å². The lowest BCUT2D eigenvalue weighted by molar-refractivity contribution is 0.266. The predicted octanol–water partition coefficient (Wildman–Crippen LogP) is 2.02. The Morgan fingerprint density at radius 2 is 2.35 bits per heavy atom. The van der Waals surface area contributed by atoms with Crippen molar-refractivity contribution in [1.82, 2.24) is 5.32 Å². The van der Waals surface area contributed by atoms with Crippen molar-refractivity contribution in [3.8, 4) is 0 Å². The molecule has 1 unspecified atom stereocenters. The van der Waals surface area contributed by atoms with Crippen LogP contribution in [0.1, 0.15) is 18.4 Å². The van der Waals surface area contributed by atoms with Gasteiger partial charge in [0, 0.05) is 29.4 Å². The summed E-state index contributed by atoms with van der Waals surface area (Å²) >= 11 is 6.25. The van der Waals surface area contributed by atoms with E-state index in [2.05, 4.69) is 16.3 Å². The summed E-state index contributed by atoms with van der Waals surface area (Å²) in [5, 5.41) is 13.3. The quantitative estimate of drug-likeness (QED) is 0.863. The number of aliphatic hydroxyl groups is 1. The summed E-state index contributed by atoms with van der Waals surface area (Å²) in [7, 11) is 1.92. The van der Waals surface area contributed by atoms with Crippen LogP contribution >= 0.6 is 11.6 Å². The minimum absolute atomic E-state index is 0.214. The summed E-state index contributed by atoms with van der Waals surface area (Å²) in [6.45, 7) is 1.97. The highest BCUT2D eigenvalue weighted by Crippen LogP contribution is 2.32. The summed E-state index contributed by atoms with van der Waals surface area (Å²) in [6, 6.07) is 6.22. The molecule has 1 aliphatic rings. The van der Waals surface area contributed by atoms with Gasteiger partial charge in [0.25, 0.3) is 0 Å². The van der Waals surface area contributed by atoms with Gasteiger partial charge in [0.15, 0.2) is 0 Å². The van der Waals surface area contributed by atoms with E-state index >= 15 is 0 Å². The largest absolute Gasteiger partial charge is 0.394 e. The number of hydrogen-bond acceptors (Lipinski definition) is 3. The van der Waals surface area contributed by atoms with Crippen LogP contribution in [0.4, 0.5) is 5.69 Å². The Morgan fingerprint density at radius 3 is 3.06 bits per heavy atom. The molecule has 0 spiro atoms. The van der Waals surface area contributed by atoms with Crippen molar-refractivity contribution in [3.63, 3.8) is 0 Å². The summed E-state index contributed by atoms with van der Waals surface area (Å²) in [4.78, 5) is 2.28. The van der Waals surface area contributed by atoms with Crippen molar-refractivity contribution >= 4 is 17.3 Å². The van der Waals surface area contributed by atoms with Gasteiger partial charge in [-0.05, 0) is 32.0 Å². The molecule has 1 fully saturated rings. The second kappa shape index (κ2) is 5.71. The lowest BCUT2D eigenvalue weighted by Crippen LogP contribution is -2.33. The van der Waals surface area contributed by atoms with Gasteiger partial charge < -0.3 is 15.3 Å². The first-order chi connectivity index (χ1) is 8.27. The third kappa shape index (κ3) is 2.57. The normalized spacial score (nSPS) is 19.9. The van der Waals surface area contributed by atoms with E-state index in [0.29, 0.717) is 0 Å². The van der Waals surface area contributed by atoms with E-state index < -0.39 is 0 Å². The summed E-state index contributed by atoms with van der Waals surface area (Å²) in [6.07, 6.45) is 2.19. The highest BCUT2D eigenvalue weighted by Gasteiger charge is 2.25. The van der Waals surface area contributed by atoms with E-state index in [0.717, 1.165) is 42.2 Å². The molecule has 0 bridgehead atoms. The average Bonchev–Trinajstić information content (AvgIpc) is 2.80. The third-order valence-electron chi connectivity index (χ3n) is 3.34. The van der Waals surface area contributed by atoms with Gasteiger partial charge in [0.2, 0.25) is 0 Å². The van der Waals surface area contributed by atoms with Crippen molar-refractivity contribution in [2.45, 2.75) is 25.4 Å². The molecule has 1 atom stereocenters. The van der Waals surface area contributed by atoms with Crippen molar-refractivity contribution in [1.29, 1.82) is 0 Å². The first-order valence-electron chi connectivity index (χ1n) is 6.07. The molecule has 0 aliphatic carbocycles. The number of aliphatic hydroxyl groups excluding tert-OH is 1. The predicted molar refractivity (Wildman–Crippen MR) is 71.7 cm³/mol. The zero-order chi connectivity index (χ0) is 12.3. The molecule has 2 rings (SSSR count). The van der Waals surface area contributed by atoms with E-state index in [9.17, 15) is 5.11 Å². The van der Waals surface area contributed by atoms with Gasteiger partial charge in [-0.25, -0.2) is 0 Å². The Labute approximate surface area is 107 Å². The molecule has 17 heavy (non-hydrogen) atoms. The van der Waals surface area contributed by atoms with Gasteiger partial charge in [0.1, 0.15) is 0 Å². The maximum Gasteiger partial charge on any atom is 0.0635 e. The fourth-order valence-electron chi connectivity index (χ4n) is 2.51. The number of halogens is 1. The lowest BCUT2D eigenvalue weighted by Gasteiger charge is -2.28. The van der Waals surface area contributed by atoms with Gasteiger partial charge in [-0.2, -0.15) is 0 Å². The van der Waals surface area contributed by atoms with Crippen LogP contribution in [-0.2, 0) is 6.54 Å². The molecular formula is C13H19ClN2O. The maximum absolute atomic E-state index is 9.40. The smallest absolute Gasteiger partial charge is 0.0635 e. The molecule has 94 valence electrons. The zero-order valence-corrected chi connectivity index (χ0v) is 10.9. The average molecular weight is 255 g/mol. The molecule has 0 saturated carbocycles. The molecule has 1 aromatic rings. The van der Waals surface area contributed by atoms with Crippen LogP contribution in [0.25, 0.3) is 0 Å². The Hall–Kier alpha value is -0.770. The second-order valence-electron chi connectivity index (χ2n) is 4.44. The summed E-state index contributed by atoms with van der Waals surface area (Å²) in [5.74, 6) is 0. The Balaban J connectivity index is 2.33. The molecule has 2 N–H and O–H groups in total. The van der Waals surface area contributed by atoms with Gasteiger partial charge >= 0.3 is 0 Å². The minimum Gasteiger partial charge on any atom is -0.394 e. The highest BCUT2D eigenvalue weighted by molar-refractivity contribution is 6.31.